The van der Waals surface area contributed by atoms with Gasteiger partial charge in [0.15, 0.2) is 11.5 Å². The Bertz CT molecular complexity index is 1520. The van der Waals surface area contributed by atoms with Gasteiger partial charge >= 0.3 is 0 Å². The van der Waals surface area contributed by atoms with Crippen molar-refractivity contribution in [3.63, 3.8) is 0 Å². The van der Waals surface area contributed by atoms with Crippen molar-refractivity contribution in [3.05, 3.63) is 88.9 Å². The molecule has 0 bridgehead atoms. The highest BCUT2D eigenvalue weighted by Crippen LogP contribution is 2.36. The van der Waals surface area contributed by atoms with Crippen LogP contribution in [0.5, 0.6) is 11.5 Å². The molecule has 0 saturated heterocycles. The van der Waals surface area contributed by atoms with Gasteiger partial charge < -0.3 is 19.7 Å². The minimum absolute atomic E-state index is 0.0277. The summed E-state index contributed by atoms with van der Waals surface area (Å²) in [6.07, 6.45) is 1.71. The van der Waals surface area contributed by atoms with Crippen molar-refractivity contribution in [1.82, 2.24) is 10.2 Å². The molecule has 0 aromatic heterocycles. The van der Waals surface area contributed by atoms with E-state index in [0.717, 1.165) is 17.4 Å². The third kappa shape index (κ3) is 9.11. The van der Waals surface area contributed by atoms with Gasteiger partial charge in [0.2, 0.25) is 28.6 Å². The maximum Gasteiger partial charge on any atom is 0.243 e. The van der Waals surface area contributed by atoms with Gasteiger partial charge in [-0.1, -0.05) is 67.9 Å². The van der Waals surface area contributed by atoms with E-state index in [2.05, 4.69) is 5.32 Å². The van der Waals surface area contributed by atoms with Gasteiger partial charge in [0.1, 0.15) is 6.04 Å². The minimum atomic E-state index is -3.66. The highest BCUT2D eigenvalue weighted by molar-refractivity contribution is 7.92. The van der Waals surface area contributed by atoms with E-state index < -0.39 is 16.1 Å². The number of amides is 2. The van der Waals surface area contributed by atoms with E-state index in [9.17, 15) is 18.0 Å². The number of carbonyl (C=O) groups excluding carboxylic acids is 2. The lowest BCUT2D eigenvalue weighted by atomic mass is 10.0. The van der Waals surface area contributed by atoms with Gasteiger partial charge in [0.05, 0.1) is 11.9 Å². The number of benzene rings is 3. The Kier molecular flexibility index (Phi) is 10.9. The lowest BCUT2D eigenvalue weighted by molar-refractivity contribution is -0.141. The lowest BCUT2D eigenvalue weighted by Crippen LogP contribution is -2.51. The Balaban J connectivity index is 1.57. The molecule has 1 atom stereocenters. The molecule has 1 N–H and O–H groups in total. The molecule has 0 spiro atoms. The fourth-order valence-corrected chi connectivity index (χ4v) is 6.02. The van der Waals surface area contributed by atoms with Crippen LogP contribution in [0.2, 0.25) is 5.02 Å². The second-order valence-corrected chi connectivity index (χ2v) is 13.3. The van der Waals surface area contributed by atoms with Gasteiger partial charge in [-0.25, -0.2) is 8.42 Å². The number of fused-ring (bicyclic) bond motifs is 1. The zero-order valence-electron chi connectivity index (χ0n) is 24.7. The number of nitrogens with one attached hydrogen (secondary N) is 1. The van der Waals surface area contributed by atoms with E-state index >= 15 is 0 Å². The average Bonchev–Trinajstić information content (AvgIpc) is 3.44. The predicted octanol–water partition coefficient (Wildman–Crippen LogP) is 5.03. The van der Waals surface area contributed by atoms with Crippen molar-refractivity contribution < 1.29 is 27.5 Å². The molecule has 0 aliphatic carbocycles. The monoisotopic (exact) mass is 627 g/mol. The summed E-state index contributed by atoms with van der Waals surface area (Å²) in [5, 5.41) is 3.53. The predicted molar refractivity (Wildman–Crippen MR) is 168 cm³/mol. The molecule has 1 aliphatic rings. The van der Waals surface area contributed by atoms with Crippen molar-refractivity contribution in [1.29, 1.82) is 0 Å². The molecule has 0 radical (unpaired) electrons. The first kappa shape index (κ1) is 32.2. The fourth-order valence-electron chi connectivity index (χ4n) is 4.85. The molecule has 11 heteroatoms. The summed E-state index contributed by atoms with van der Waals surface area (Å²) in [4.78, 5) is 29.1. The highest BCUT2D eigenvalue weighted by atomic mass is 35.5. The Morgan fingerprint density at radius 1 is 0.953 bits per heavy atom. The summed E-state index contributed by atoms with van der Waals surface area (Å²) in [5.74, 6) is 0.734. The van der Waals surface area contributed by atoms with Crippen LogP contribution in [0, 0.1) is 5.92 Å². The molecule has 1 heterocycles. The number of ether oxygens (including phenoxy) is 2. The van der Waals surface area contributed by atoms with Crippen molar-refractivity contribution >= 4 is 39.1 Å². The molecular formula is C32H38ClN3O6S. The van der Waals surface area contributed by atoms with Crippen molar-refractivity contribution in [2.24, 2.45) is 5.92 Å². The summed E-state index contributed by atoms with van der Waals surface area (Å²) in [6.45, 7) is 4.80. The van der Waals surface area contributed by atoms with Crippen LogP contribution >= 0.6 is 11.6 Å². The normalized spacial score (nSPS) is 13.0. The highest BCUT2D eigenvalue weighted by Gasteiger charge is 2.31. The Labute approximate surface area is 258 Å². The van der Waals surface area contributed by atoms with Crippen LogP contribution in [0.15, 0.2) is 72.8 Å². The van der Waals surface area contributed by atoms with Crippen LogP contribution in [-0.4, -0.2) is 57.3 Å². The molecule has 0 unspecified atom stereocenters. The number of carbonyl (C=O) groups is 2. The first-order valence-electron chi connectivity index (χ1n) is 14.2. The van der Waals surface area contributed by atoms with E-state index in [1.165, 1.54) is 4.31 Å². The number of anilines is 1. The molecule has 3 aromatic rings. The van der Waals surface area contributed by atoms with E-state index in [0.29, 0.717) is 35.2 Å². The maximum atomic E-state index is 13.9. The van der Waals surface area contributed by atoms with E-state index in [-0.39, 0.29) is 50.5 Å². The summed E-state index contributed by atoms with van der Waals surface area (Å²) >= 11 is 6.26. The van der Waals surface area contributed by atoms with Crippen LogP contribution in [0.25, 0.3) is 0 Å². The number of halogens is 1. The number of hydrogen-bond acceptors (Lipinski definition) is 6. The van der Waals surface area contributed by atoms with Gasteiger partial charge in [-0.3, -0.25) is 13.9 Å². The number of hydrogen-bond donors (Lipinski definition) is 1. The first-order valence-corrected chi connectivity index (χ1v) is 16.5. The minimum Gasteiger partial charge on any atom is -0.454 e. The van der Waals surface area contributed by atoms with Crippen LogP contribution < -0.4 is 19.1 Å². The smallest absolute Gasteiger partial charge is 0.243 e. The zero-order valence-corrected chi connectivity index (χ0v) is 26.2. The number of sulfonamides is 1. The van der Waals surface area contributed by atoms with Crippen LogP contribution in [0.3, 0.4) is 0 Å². The van der Waals surface area contributed by atoms with E-state index in [1.807, 2.05) is 50.2 Å². The van der Waals surface area contributed by atoms with Gasteiger partial charge in [-0.05, 0) is 47.7 Å². The van der Waals surface area contributed by atoms with Crippen molar-refractivity contribution in [2.75, 3.05) is 30.4 Å². The first-order chi connectivity index (χ1) is 20.5. The summed E-state index contributed by atoms with van der Waals surface area (Å²) in [5.41, 5.74) is 2.13. The Morgan fingerprint density at radius 3 is 2.37 bits per heavy atom. The molecule has 1 aliphatic heterocycles. The maximum absolute atomic E-state index is 13.9. The molecular weight excluding hydrogens is 590 g/mol. The van der Waals surface area contributed by atoms with Gasteiger partial charge in [0.25, 0.3) is 0 Å². The Morgan fingerprint density at radius 2 is 1.67 bits per heavy atom. The largest absolute Gasteiger partial charge is 0.454 e. The van der Waals surface area contributed by atoms with Gasteiger partial charge in [-0.15, -0.1) is 0 Å². The zero-order chi connectivity index (χ0) is 31.0. The SMILES string of the molecule is CC(C)CNC(=O)[C@@H](Cc1ccccc1)N(Cc1cccc(Cl)c1)C(=O)CCCN(c1ccc2c(c1)OCO2)S(C)(=O)=O. The fraction of sp³-hybridized carbons (Fsp3) is 0.375. The lowest BCUT2D eigenvalue weighted by Gasteiger charge is -2.32. The summed E-state index contributed by atoms with van der Waals surface area (Å²) in [7, 11) is -3.66. The molecule has 4 rings (SSSR count). The second-order valence-electron chi connectivity index (χ2n) is 11.0. The molecule has 9 nitrogen and oxygen atoms in total. The third-order valence-electron chi connectivity index (χ3n) is 6.99. The van der Waals surface area contributed by atoms with Crippen LogP contribution in [-0.2, 0) is 32.6 Å². The van der Waals surface area contributed by atoms with Gasteiger partial charge in [0, 0.05) is 43.6 Å². The molecule has 0 fully saturated rings. The van der Waals surface area contributed by atoms with E-state index in [1.54, 1.807) is 41.3 Å². The van der Waals surface area contributed by atoms with Gasteiger partial charge in [-0.2, -0.15) is 0 Å². The molecule has 2 amide bonds. The topological polar surface area (TPSA) is 105 Å². The molecule has 0 saturated carbocycles. The molecule has 230 valence electrons. The van der Waals surface area contributed by atoms with Crippen molar-refractivity contribution in [2.45, 2.75) is 45.7 Å². The third-order valence-corrected chi connectivity index (χ3v) is 8.42. The van der Waals surface area contributed by atoms with Crippen molar-refractivity contribution in [3.8, 4) is 11.5 Å². The standard InChI is InChI=1S/C32H38ClN3O6S/c1-23(2)20-34-32(38)28(18-24-9-5-4-6-10-24)35(21-25-11-7-12-26(33)17-25)31(37)13-8-16-36(43(3,39)40)27-14-15-29-30(19-27)42-22-41-29/h4-7,9-12,14-15,17,19,23,28H,8,13,16,18,20-22H2,1-3H3,(H,34,38)/t28-/m1/s1. The Hall–Kier alpha value is -3.76. The summed E-state index contributed by atoms with van der Waals surface area (Å²) < 4.78 is 37.5. The molecule has 43 heavy (non-hydrogen) atoms. The number of rotatable bonds is 14. The quantitative estimate of drug-likeness (QED) is 0.269. The molecule has 3 aromatic carbocycles. The number of nitrogens with zero attached hydrogens (tertiary/aromatic N) is 2. The van der Waals surface area contributed by atoms with E-state index in [4.69, 9.17) is 21.1 Å². The second kappa shape index (κ2) is 14.6. The van der Waals surface area contributed by atoms with Crippen LogP contribution in [0.4, 0.5) is 5.69 Å². The average molecular weight is 628 g/mol. The summed E-state index contributed by atoms with van der Waals surface area (Å²) in [6, 6.07) is 20.9. The van der Waals surface area contributed by atoms with Crippen LogP contribution in [0.1, 0.15) is 37.8 Å².